The van der Waals surface area contributed by atoms with Gasteiger partial charge in [0.25, 0.3) is 0 Å². The van der Waals surface area contributed by atoms with Gasteiger partial charge in [0.15, 0.2) is 0 Å². The molecule has 2 atom stereocenters. The summed E-state index contributed by atoms with van der Waals surface area (Å²) in [6.07, 6.45) is -0.298. The summed E-state index contributed by atoms with van der Waals surface area (Å²) in [5, 5.41) is -1.26. The zero-order valence-electron chi connectivity index (χ0n) is 12.0. The van der Waals surface area contributed by atoms with Crippen LogP contribution < -0.4 is 4.74 Å². The zero-order chi connectivity index (χ0) is 15.6. The second-order valence-corrected chi connectivity index (χ2v) is 6.89. The van der Waals surface area contributed by atoms with E-state index in [2.05, 4.69) is 0 Å². The normalized spacial score (nSPS) is 20.6. The molecule has 7 heteroatoms. The van der Waals surface area contributed by atoms with E-state index in [0.29, 0.717) is 5.75 Å². The molecule has 0 N–H and O–H groups in total. The van der Waals surface area contributed by atoms with Crippen molar-refractivity contribution in [2.45, 2.75) is 31.6 Å². The third kappa shape index (κ3) is 3.72. The van der Waals surface area contributed by atoms with Crippen LogP contribution in [0.15, 0.2) is 24.3 Å². The van der Waals surface area contributed by atoms with E-state index in [-0.39, 0.29) is 31.5 Å². The van der Waals surface area contributed by atoms with Gasteiger partial charge < -0.3 is 9.64 Å². The number of carbonyl (C=O) groups excluding carboxylic acids is 1. The lowest BCUT2D eigenvalue weighted by Crippen LogP contribution is -2.39. The molecule has 1 aliphatic rings. The first-order chi connectivity index (χ1) is 9.79. The minimum absolute atomic E-state index is 0.115. The van der Waals surface area contributed by atoms with E-state index in [4.69, 9.17) is 4.74 Å². The van der Waals surface area contributed by atoms with Gasteiger partial charge in [-0.2, -0.15) is 8.42 Å². The molecule has 1 aromatic carbocycles. The minimum atomic E-state index is -4.68. The van der Waals surface area contributed by atoms with Gasteiger partial charge in [-0.05, 0) is 25.5 Å². The summed E-state index contributed by atoms with van der Waals surface area (Å²) in [6.45, 7) is 3.78. The van der Waals surface area contributed by atoms with Crippen molar-refractivity contribution in [2.24, 2.45) is 0 Å². The van der Waals surface area contributed by atoms with E-state index >= 15 is 0 Å². The molecule has 21 heavy (non-hydrogen) atoms. The maximum atomic E-state index is 13.0. The highest BCUT2D eigenvalue weighted by Crippen LogP contribution is 2.23. The molecular formula is C14H18FNO4S. The van der Waals surface area contributed by atoms with Crippen molar-refractivity contribution in [1.29, 1.82) is 0 Å². The van der Waals surface area contributed by atoms with Gasteiger partial charge in [0.1, 0.15) is 17.6 Å². The van der Waals surface area contributed by atoms with Gasteiger partial charge in [0, 0.05) is 13.0 Å². The summed E-state index contributed by atoms with van der Waals surface area (Å²) in [5.41, 5.74) is 0.974. The number of nitrogens with zero attached hydrogens (tertiary/aromatic N) is 1. The lowest BCUT2D eigenvalue weighted by molar-refractivity contribution is -0.129. The Kier molecular flexibility index (Phi) is 4.51. The van der Waals surface area contributed by atoms with Crippen molar-refractivity contribution in [3.05, 3.63) is 29.8 Å². The number of benzene rings is 1. The second-order valence-electron chi connectivity index (χ2n) is 5.27. The maximum Gasteiger partial charge on any atom is 0.307 e. The quantitative estimate of drug-likeness (QED) is 0.775. The standard InChI is InChI=1S/C14H18FNO4S/c1-10-5-3-4-6-13(10)20-9-11(2)16-8-12(7-14(16)17)21(15,18)19/h3-6,11-12H,7-9H2,1-2H3. The third-order valence-electron chi connectivity index (χ3n) is 3.63. The third-order valence-corrected chi connectivity index (χ3v) is 4.74. The minimum Gasteiger partial charge on any atom is -0.491 e. The lowest BCUT2D eigenvalue weighted by atomic mass is 10.2. The average Bonchev–Trinajstić information content (AvgIpc) is 2.80. The fraction of sp³-hybridized carbons (Fsp3) is 0.500. The molecule has 2 unspecified atom stereocenters. The molecule has 2 rings (SSSR count). The van der Waals surface area contributed by atoms with Crippen molar-refractivity contribution in [2.75, 3.05) is 13.2 Å². The zero-order valence-corrected chi connectivity index (χ0v) is 12.8. The fourth-order valence-corrected chi connectivity index (χ4v) is 3.01. The van der Waals surface area contributed by atoms with E-state index in [1.165, 1.54) is 4.90 Å². The van der Waals surface area contributed by atoms with Gasteiger partial charge in [0.2, 0.25) is 5.91 Å². The molecule has 1 amide bonds. The van der Waals surface area contributed by atoms with E-state index in [1.54, 1.807) is 6.92 Å². The highest BCUT2D eigenvalue weighted by atomic mass is 32.3. The molecule has 5 nitrogen and oxygen atoms in total. The Labute approximate surface area is 123 Å². The SMILES string of the molecule is Cc1ccccc1OCC(C)N1CC(S(=O)(=O)F)CC1=O. The summed E-state index contributed by atoms with van der Waals surface area (Å²) in [5.74, 6) is 0.354. The first kappa shape index (κ1) is 15.8. The van der Waals surface area contributed by atoms with Gasteiger partial charge in [-0.15, -0.1) is 3.89 Å². The van der Waals surface area contributed by atoms with Crippen LogP contribution in [0.5, 0.6) is 5.75 Å². The number of para-hydroxylation sites is 1. The van der Waals surface area contributed by atoms with E-state index < -0.39 is 15.5 Å². The van der Waals surface area contributed by atoms with Gasteiger partial charge >= 0.3 is 10.2 Å². The van der Waals surface area contributed by atoms with Gasteiger partial charge in [-0.3, -0.25) is 4.79 Å². The molecule has 0 spiro atoms. The number of amides is 1. The molecule has 0 radical (unpaired) electrons. The van der Waals surface area contributed by atoms with Crippen LogP contribution in [0.2, 0.25) is 0 Å². The Hall–Kier alpha value is -1.63. The van der Waals surface area contributed by atoms with Gasteiger partial charge in [-0.1, -0.05) is 18.2 Å². The van der Waals surface area contributed by atoms with Crippen molar-refractivity contribution in [3.63, 3.8) is 0 Å². The van der Waals surface area contributed by atoms with Crippen LogP contribution in [0, 0.1) is 6.92 Å². The van der Waals surface area contributed by atoms with Crippen molar-refractivity contribution in [3.8, 4) is 5.75 Å². The molecule has 1 aromatic rings. The molecule has 1 aliphatic heterocycles. The monoisotopic (exact) mass is 315 g/mol. The number of likely N-dealkylation sites (tertiary alicyclic amines) is 1. The number of hydrogen-bond acceptors (Lipinski definition) is 4. The topological polar surface area (TPSA) is 63.7 Å². The van der Waals surface area contributed by atoms with Crippen LogP contribution in [-0.4, -0.2) is 43.7 Å². The predicted molar refractivity (Wildman–Crippen MR) is 76.3 cm³/mol. The summed E-state index contributed by atoms with van der Waals surface area (Å²) < 4.78 is 40.4. The van der Waals surface area contributed by atoms with Crippen molar-refractivity contribution < 1.29 is 21.8 Å². The average molecular weight is 315 g/mol. The Morgan fingerprint density at radius 3 is 2.67 bits per heavy atom. The van der Waals surface area contributed by atoms with E-state index in [9.17, 15) is 17.1 Å². The molecule has 1 fully saturated rings. The molecule has 0 aliphatic carbocycles. The van der Waals surface area contributed by atoms with Gasteiger partial charge in [-0.25, -0.2) is 0 Å². The molecule has 0 bridgehead atoms. The first-order valence-electron chi connectivity index (χ1n) is 6.70. The molecule has 0 aromatic heterocycles. The second kappa shape index (κ2) is 6.01. The van der Waals surface area contributed by atoms with Crippen LogP contribution in [0.25, 0.3) is 0 Å². The molecule has 1 saturated heterocycles. The molecular weight excluding hydrogens is 297 g/mol. The Morgan fingerprint density at radius 2 is 2.10 bits per heavy atom. The number of ether oxygens (including phenoxy) is 1. The van der Waals surface area contributed by atoms with Crippen LogP contribution in [0.3, 0.4) is 0 Å². The maximum absolute atomic E-state index is 13.0. The van der Waals surface area contributed by atoms with E-state index in [1.807, 2.05) is 31.2 Å². The van der Waals surface area contributed by atoms with Crippen LogP contribution >= 0.6 is 0 Å². The number of halogens is 1. The largest absolute Gasteiger partial charge is 0.491 e. The smallest absolute Gasteiger partial charge is 0.307 e. The fourth-order valence-electron chi connectivity index (χ4n) is 2.33. The summed E-state index contributed by atoms with van der Waals surface area (Å²) in [7, 11) is -4.68. The number of rotatable bonds is 5. The highest BCUT2D eigenvalue weighted by molar-refractivity contribution is 7.87. The number of carbonyl (C=O) groups is 1. The van der Waals surface area contributed by atoms with E-state index in [0.717, 1.165) is 5.56 Å². The summed E-state index contributed by atoms with van der Waals surface area (Å²) >= 11 is 0. The van der Waals surface area contributed by atoms with Crippen molar-refractivity contribution >= 4 is 16.1 Å². The summed E-state index contributed by atoms with van der Waals surface area (Å²) in [4.78, 5) is 13.2. The molecule has 116 valence electrons. The van der Waals surface area contributed by atoms with Crippen LogP contribution in [-0.2, 0) is 15.0 Å². The van der Waals surface area contributed by atoms with Crippen molar-refractivity contribution in [1.82, 2.24) is 4.90 Å². The number of hydrogen-bond donors (Lipinski definition) is 0. The highest BCUT2D eigenvalue weighted by Gasteiger charge is 2.40. The predicted octanol–water partition coefficient (Wildman–Crippen LogP) is 1.66. The number of aryl methyl sites for hydroxylation is 1. The Bertz CT molecular complexity index is 632. The Balaban J connectivity index is 1.97. The molecule has 1 heterocycles. The Morgan fingerprint density at radius 1 is 1.43 bits per heavy atom. The van der Waals surface area contributed by atoms with Gasteiger partial charge in [0.05, 0.1) is 6.04 Å². The van der Waals surface area contributed by atoms with Crippen LogP contribution in [0.1, 0.15) is 18.9 Å². The lowest BCUT2D eigenvalue weighted by Gasteiger charge is -2.24. The molecule has 0 saturated carbocycles. The first-order valence-corrected chi connectivity index (χ1v) is 8.15. The van der Waals surface area contributed by atoms with Crippen LogP contribution in [0.4, 0.5) is 3.89 Å². The summed E-state index contributed by atoms with van der Waals surface area (Å²) in [6, 6.07) is 7.16.